The molecule has 0 N–H and O–H groups in total. The molecule has 0 fully saturated rings. The second kappa shape index (κ2) is 2.26. The summed E-state index contributed by atoms with van der Waals surface area (Å²) in [6.07, 6.45) is 1.67. The maximum atomic E-state index is 10.4. The van der Waals surface area contributed by atoms with Crippen LogP contribution in [0.3, 0.4) is 0 Å². The molecule has 0 aromatic carbocycles. The summed E-state index contributed by atoms with van der Waals surface area (Å²) in [5.74, 6) is 0.0579. The van der Waals surface area contributed by atoms with Gasteiger partial charge in [-0.3, -0.25) is 9.59 Å². The summed E-state index contributed by atoms with van der Waals surface area (Å²) in [4.78, 5) is 20.4. The van der Waals surface area contributed by atoms with Crippen molar-refractivity contribution in [1.29, 1.82) is 0 Å². The summed E-state index contributed by atoms with van der Waals surface area (Å²) in [5.41, 5.74) is -0.219. The van der Waals surface area contributed by atoms with E-state index >= 15 is 0 Å². The molecule has 1 aromatic heterocycles. The molecule has 0 aliphatic rings. The second-order valence-corrected chi connectivity index (χ2v) is 1.49. The van der Waals surface area contributed by atoms with E-state index in [0.29, 0.717) is 6.29 Å². The fourth-order valence-corrected chi connectivity index (χ4v) is 0.464. The van der Waals surface area contributed by atoms with E-state index in [-0.39, 0.29) is 11.2 Å². The number of hydrogen-bond acceptors (Lipinski definition) is 3. The Labute approximate surface area is 50.9 Å². The zero-order chi connectivity index (χ0) is 6.69. The molecule has 46 valence electrons. The van der Waals surface area contributed by atoms with Crippen molar-refractivity contribution in [2.45, 2.75) is 0 Å². The van der Waals surface area contributed by atoms with Crippen molar-refractivity contribution >= 4 is 6.29 Å². The molecule has 0 saturated heterocycles. The zero-order valence-electron chi connectivity index (χ0n) is 4.53. The Morgan fingerprint density at radius 3 is 2.78 bits per heavy atom. The predicted molar refractivity (Wildman–Crippen MR) is 30.4 cm³/mol. The number of carbonyl (C=O) groups is 1. The van der Waals surface area contributed by atoms with Gasteiger partial charge in [-0.2, -0.15) is 0 Å². The molecule has 1 rings (SSSR count). The van der Waals surface area contributed by atoms with Gasteiger partial charge in [-0.05, 0) is 0 Å². The SMILES string of the molecule is O=Cc1cc(=O)cco1. The minimum atomic E-state index is -0.219. The van der Waals surface area contributed by atoms with Gasteiger partial charge in [-0.25, -0.2) is 0 Å². The maximum Gasteiger partial charge on any atom is 0.185 e. The number of hydrogen-bond donors (Lipinski definition) is 0. The third-order valence-electron chi connectivity index (χ3n) is 0.837. The van der Waals surface area contributed by atoms with Gasteiger partial charge in [0.15, 0.2) is 17.5 Å². The molecule has 0 aliphatic heterocycles. The molecule has 0 aliphatic carbocycles. The lowest BCUT2D eigenvalue weighted by Gasteiger charge is -1.82. The molecule has 0 spiro atoms. The van der Waals surface area contributed by atoms with E-state index in [1.807, 2.05) is 0 Å². The summed E-state index contributed by atoms with van der Waals surface area (Å²) in [6, 6.07) is 2.38. The van der Waals surface area contributed by atoms with Crippen molar-refractivity contribution in [3.8, 4) is 0 Å². The average molecular weight is 124 g/mol. The van der Waals surface area contributed by atoms with Crippen molar-refractivity contribution < 1.29 is 9.21 Å². The maximum absolute atomic E-state index is 10.4. The average Bonchev–Trinajstić information content (AvgIpc) is 1.88. The van der Waals surface area contributed by atoms with Crippen LogP contribution in [-0.2, 0) is 0 Å². The second-order valence-electron chi connectivity index (χ2n) is 1.49. The first-order valence-electron chi connectivity index (χ1n) is 2.37. The summed E-state index contributed by atoms with van der Waals surface area (Å²) >= 11 is 0. The lowest BCUT2D eigenvalue weighted by Crippen LogP contribution is -1.96. The van der Waals surface area contributed by atoms with Crippen LogP contribution in [0.4, 0.5) is 0 Å². The van der Waals surface area contributed by atoms with E-state index in [1.54, 1.807) is 0 Å². The third kappa shape index (κ3) is 1.25. The highest BCUT2D eigenvalue weighted by atomic mass is 16.3. The Morgan fingerprint density at radius 2 is 2.33 bits per heavy atom. The summed E-state index contributed by atoms with van der Waals surface area (Å²) in [6.45, 7) is 0. The third-order valence-corrected chi connectivity index (χ3v) is 0.837. The molecule has 9 heavy (non-hydrogen) atoms. The van der Waals surface area contributed by atoms with E-state index in [1.165, 1.54) is 12.3 Å². The van der Waals surface area contributed by atoms with Crippen LogP contribution in [-0.4, -0.2) is 6.29 Å². The van der Waals surface area contributed by atoms with Gasteiger partial charge in [0.2, 0.25) is 0 Å². The highest BCUT2D eigenvalue weighted by molar-refractivity contribution is 5.69. The minimum Gasteiger partial charge on any atom is -0.461 e. The Balaban J connectivity index is 3.23. The fourth-order valence-electron chi connectivity index (χ4n) is 0.464. The van der Waals surface area contributed by atoms with Crippen molar-refractivity contribution in [3.63, 3.8) is 0 Å². The quantitative estimate of drug-likeness (QED) is 0.510. The Kier molecular flexibility index (Phi) is 1.44. The molecule has 0 atom stereocenters. The first-order valence-corrected chi connectivity index (χ1v) is 2.37. The first-order chi connectivity index (χ1) is 4.33. The summed E-state index contributed by atoms with van der Waals surface area (Å²) in [7, 11) is 0. The van der Waals surface area contributed by atoms with Gasteiger partial charge in [0.1, 0.15) is 0 Å². The number of rotatable bonds is 1. The van der Waals surface area contributed by atoms with Gasteiger partial charge in [-0.1, -0.05) is 0 Å². The minimum absolute atomic E-state index is 0.0579. The Hall–Kier alpha value is -1.38. The van der Waals surface area contributed by atoms with Crippen molar-refractivity contribution in [2.24, 2.45) is 0 Å². The largest absolute Gasteiger partial charge is 0.461 e. The fraction of sp³-hybridized carbons (Fsp3) is 0. The van der Waals surface area contributed by atoms with Gasteiger partial charge in [0, 0.05) is 12.1 Å². The van der Waals surface area contributed by atoms with E-state index < -0.39 is 0 Å². The Bertz CT molecular complexity index is 261. The first kappa shape index (κ1) is 5.75. The molecule has 0 bridgehead atoms. The topological polar surface area (TPSA) is 47.3 Å². The highest BCUT2D eigenvalue weighted by Gasteiger charge is 1.89. The lowest BCUT2D eigenvalue weighted by atomic mass is 10.4. The smallest absolute Gasteiger partial charge is 0.185 e. The lowest BCUT2D eigenvalue weighted by molar-refractivity contribution is 0.109. The van der Waals surface area contributed by atoms with Gasteiger partial charge in [0.05, 0.1) is 6.26 Å². The van der Waals surface area contributed by atoms with Crippen LogP contribution in [0, 0.1) is 0 Å². The van der Waals surface area contributed by atoms with Crippen LogP contribution in [0.25, 0.3) is 0 Å². The monoisotopic (exact) mass is 124 g/mol. The molecular formula is C6H4O3. The zero-order valence-corrected chi connectivity index (χ0v) is 4.53. The highest BCUT2D eigenvalue weighted by Crippen LogP contribution is 1.86. The molecule has 0 amide bonds. The van der Waals surface area contributed by atoms with Crippen molar-refractivity contribution in [3.05, 3.63) is 34.4 Å². The van der Waals surface area contributed by atoms with Crippen LogP contribution in [0.5, 0.6) is 0 Å². The van der Waals surface area contributed by atoms with Gasteiger partial charge in [0.25, 0.3) is 0 Å². The van der Waals surface area contributed by atoms with Crippen molar-refractivity contribution in [1.82, 2.24) is 0 Å². The molecule has 1 heterocycles. The van der Waals surface area contributed by atoms with Crippen LogP contribution in [0.2, 0.25) is 0 Å². The molecule has 0 radical (unpaired) electrons. The normalized spacial score (nSPS) is 8.89. The van der Waals surface area contributed by atoms with E-state index in [0.717, 1.165) is 6.07 Å². The van der Waals surface area contributed by atoms with Crippen LogP contribution >= 0.6 is 0 Å². The number of carbonyl (C=O) groups excluding carboxylic acids is 1. The molecule has 0 unspecified atom stereocenters. The standard InChI is InChI=1S/C6H4O3/c7-4-6-3-5(8)1-2-9-6/h1-4H. The predicted octanol–water partition coefficient (Wildman–Crippen LogP) is 0.452. The van der Waals surface area contributed by atoms with E-state index in [2.05, 4.69) is 4.42 Å². The van der Waals surface area contributed by atoms with Gasteiger partial charge in [-0.15, -0.1) is 0 Å². The van der Waals surface area contributed by atoms with Crippen LogP contribution in [0.15, 0.2) is 27.6 Å². The van der Waals surface area contributed by atoms with Crippen LogP contribution < -0.4 is 5.43 Å². The number of aldehydes is 1. The van der Waals surface area contributed by atoms with Gasteiger partial charge < -0.3 is 4.42 Å². The van der Waals surface area contributed by atoms with E-state index in [4.69, 9.17) is 0 Å². The van der Waals surface area contributed by atoms with E-state index in [9.17, 15) is 9.59 Å². The molecule has 1 aromatic rings. The molecule has 3 nitrogen and oxygen atoms in total. The Morgan fingerprint density at radius 1 is 1.56 bits per heavy atom. The molecule has 0 saturated carbocycles. The van der Waals surface area contributed by atoms with Crippen molar-refractivity contribution in [2.75, 3.05) is 0 Å². The summed E-state index contributed by atoms with van der Waals surface area (Å²) < 4.78 is 4.59. The summed E-state index contributed by atoms with van der Waals surface area (Å²) in [5, 5.41) is 0. The van der Waals surface area contributed by atoms with Crippen LogP contribution in [0.1, 0.15) is 10.6 Å². The van der Waals surface area contributed by atoms with Gasteiger partial charge >= 0.3 is 0 Å². The molecular weight excluding hydrogens is 120 g/mol. The molecule has 3 heteroatoms.